The minimum Gasteiger partial charge on any atom is -0.427 e. The van der Waals surface area contributed by atoms with Crippen molar-refractivity contribution in [2.75, 3.05) is 5.32 Å². The van der Waals surface area contributed by atoms with Crippen LogP contribution in [-0.4, -0.2) is 11.8 Å². The molecule has 0 saturated heterocycles. The Morgan fingerprint density at radius 2 is 1.67 bits per heavy atom. The molecule has 5 heteroatoms. The van der Waals surface area contributed by atoms with E-state index in [9.17, 15) is 9.59 Å². The largest absolute Gasteiger partial charge is 0.427 e. The van der Waals surface area contributed by atoms with Crippen LogP contribution in [0.3, 0.4) is 0 Å². The molecule has 0 unspecified atom stereocenters. The number of rotatable bonds is 3. The van der Waals surface area contributed by atoms with Crippen molar-refractivity contribution < 1.29 is 14.3 Å². The van der Waals surface area contributed by atoms with Gasteiger partial charge in [-0.25, -0.2) is 0 Å². The van der Waals surface area contributed by atoms with Crippen molar-refractivity contribution >= 4 is 34.9 Å². The fraction of sp³-hybridized carbons (Fsp3) is 0.120. The van der Waals surface area contributed by atoms with Crippen LogP contribution in [0.5, 0.6) is 5.75 Å². The first-order valence-corrected chi connectivity index (χ1v) is 10.8. The lowest BCUT2D eigenvalue weighted by Gasteiger charge is -2.17. The normalized spacial score (nSPS) is 16.8. The molecule has 30 heavy (non-hydrogen) atoms. The third kappa shape index (κ3) is 3.12. The molecule has 1 aliphatic carbocycles. The Balaban J connectivity index is 1.61. The smallest absolute Gasteiger partial charge is 0.310 e. The summed E-state index contributed by atoms with van der Waals surface area (Å²) in [6.07, 6.45) is 0.325. The van der Waals surface area contributed by atoms with E-state index in [-0.39, 0.29) is 17.0 Å². The topological polar surface area (TPSA) is 55.4 Å². The van der Waals surface area contributed by atoms with Crippen LogP contribution in [0.4, 0.5) is 5.69 Å². The summed E-state index contributed by atoms with van der Waals surface area (Å²) in [7, 11) is 0. The van der Waals surface area contributed by atoms with Gasteiger partial charge in [0.25, 0.3) is 0 Å². The zero-order chi connectivity index (χ0) is 20.7. The summed E-state index contributed by atoms with van der Waals surface area (Å²) < 4.78 is 5.31. The molecule has 4 nitrogen and oxygen atoms in total. The number of carbonyl (C=O) groups excluding carboxylic acids is 2. The monoisotopic (exact) mass is 413 g/mol. The summed E-state index contributed by atoms with van der Waals surface area (Å²) in [5, 5.41) is 3.35. The van der Waals surface area contributed by atoms with Crippen molar-refractivity contribution in [1.29, 1.82) is 0 Å². The lowest BCUT2D eigenvalue weighted by molar-refractivity contribution is -0.134. The van der Waals surface area contributed by atoms with Crippen LogP contribution in [0.15, 0.2) is 83.3 Å². The Hall–Kier alpha value is -3.31. The van der Waals surface area contributed by atoms with E-state index >= 15 is 0 Å². The second-order valence-corrected chi connectivity index (χ2v) is 8.33. The van der Waals surface area contributed by atoms with Gasteiger partial charge in [0.1, 0.15) is 5.75 Å². The lowest BCUT2D eigenvalue weighted by atomic mass is 10.0. The highest BCUT2D eigenvalue weighted by atomic mass is 32.2. The molecule has 0 saturated carbocycles. The van der Waals surface area contributed by atoms with Crippen molar-refractivity contribution in [3.8, 4) is 5.75 Å². The molecule has 1 aliphatic heterocycles. The molecule has 0 aromatic heterocycles. The summed E-state index contributed by atoms with van der Waals surface area (Å²) in [4.78, 5) is 26.1. The summed E-state index contributed by atoms with van der Waals surface area (Å²) in [6, 6.07) is 23.3. The molecule has 2 aliphatic rings. The first kappa shape index (κ1) is 18.7. The molecule has 0 radical (unpaired) electrons. The van der Waals surface area contributed by atoms with Gasteiger partial charge in [0.15, 0.2) is 5.78 Å². The van der Waals surface area contributed by atoms with E-state index in [1.165, 1.54) is 0 Å². The molecule has 148 valence electrons. The first-order chi connectivity index (χ1) is 14.7. The maximum Gasteiger partial charge on any atom is 0.310 e. The molecular formula is C25H19NO3S. The van der Waals surface area contributed by atoms with Crippen LogP contribution in [0.25, 0.3) is 5.70 Å². The third-order valence-electron chi connectivity index (χ3n) is 5.31. The van der Waals surface area contributed by atoms with Crippen molar-refractivity contribution in [3.63, 3.8) is 0 Å². The zero-order valence-corrected chi connectivity index (χ0v) is 17.2. The fourth-order valence-corrected chi connectivity index (χ4v) is 5.12. The molecule has 1 N–H and O–H groups in total. The van der Waals surface area contributed by atoms with E-state index in [4.69, 9.17) is 4.74 Å². The average Bonchev–Trinajstić information content (AvgIpc) is 2.94. The second kappa shape index (κ2) is 7.50. The highest BCUT2D eigenvalue weighted by molar-refractivity contribution is 8.00. The number of hydrogen-bond donors (Lipinski definition) is 1. The van der Waals surface area contributed by atoms with E-state index in [0.29, 0.717) is 12.2 Å². The van der Waals surface area contributed by atoms with E-state index in [0.717, 1.165) is 38.5 Å². The SMILES string of the molecule is CCC(=O)Oc1ccc([C@@H]2Sc3ccccc3NC3=C2C(=O)c2ccccc23)cc1. The number of hydrogen-bond acceptors (Lipinski definition) is 5. The minimum absolute atomic E-state index is 0.0555. The van der Waals surface area contributed by atoms with Gasteiger partial charge in [-0.3, -0.25) is 9.59 Å². The van der Waals surface area contributed by atoms with Crippen LogP contribution in [0.2, 0.25) is 0 Å². The maximum absolute atomic E-state index is 13.4. The molecule has 3 aromatic rings. The molecular weight excluding hydrogens is 394 g/mol. The molecule has 0 spiro atoms. The number of thioether (sulfide) groups is 1. The molecule has 0 bridgehead atoms. The summed E-state index contributed by atoms with van der Waals surface area (Å²) in [5.41, 5.74) is 5.29. The molecule has 0 fully saturated rings. The van der Waals surface area contributed by atoms with E-state index in [2.05, 4.69) is 11.4 Å². The second-order valence-electron chi connectivity index (χ2n) is 7.18. The molecule has 0 amide bonds. The number of ketones is 1. The number of anilines is 1. The third-order valence-corrected chi connectivity index (χ3v) is 6.67. The number of fused-ring (bicyclic) bond motifs is 3. The van der Waals surface area contributed by atoms with Crippen molar-refractivity contribution in [1.82, 2.24) is 0 Å². The van der Waals surface area contributed by atoms with Crippen LogP contribution < -0.4 is 10.1 Å². The predicted octanol–water partition coefficient (Wildman–Crippen LogP) is 5.87. The minimum atomic E-state index is -0.267. The van der Waals surface area contributed by atoms with Gasteiger partial charge < -0.3 is 10.1 Å². The van der Waals surface area contributed by atoms with Gasteiger partial charge in [0.05, 0.1) is 16.6 Å². The average molecular weight is 413 g/mol. The van der Waals surface area contributed by atoms with Gasteiger partial charge in [-0.1, -0.05) is 55.5 Å². The zero-order valence-electron chi connectivity index (χ0n) is 16.3. The number of carbonyl (C=O) groups is 2. The Labute approximate surface area is 179 Å². The molecule has 5 rings (SSSR count). The van der Waals surface area contributed by atoms with Crippen LogP contribution >= 0.6 is 11.8 Å². The van der Waals surface area contributed by atoms with Crippen molar-refractivity contribution in [2.24, 2.45) is 0 Å². The Kier molecular flexibility index (Phi) is 4.68. The standard InChI is InChI=1S/C25H19NO3S/c1-2-21(27)29-16-13-11-15(12-14-16)25-22-23(17-7-3-4-8-18(17)24(22)28)26-19-9-5-6-10-20(19)30-25/h3-14,25-26H,2H2,1H3/t25-/m0/s1. The summed E-state index contributed by atoms with van der Waals surface area (Å²) >= 11 is 1.66. The first-order valence-electron chi connectivity index (χ1n) is 9.87. The molecule has 3 aromatic carbocycles. The van der Waals surface area contributed by atoms with Crippen molar-refractivity contribution in [2.45, 2.75) is 23.5 Å². The number of esters is 1. The van der Waals surface area contributed by atoms with E-state index < -0.39 is 0 Å². The highest BCUT2D eigenvalue weighted by Crippen LogP contribution is 2.52. The summed E-state index contributed by atoms with van der Waals surface area (Å²) in [6.45, 7) is 1.76. The maximum atomic E-state index is 13.4. The van der Waals surface area contributed by atoms with E-state index in [1.54, 1.807) is 30.8 Å². The van der Waals surface area contributed by atoms with Gasteiger partial charge in [-0.05, 0) is 29.8 Å². The highest BCUT2D eigenvalue weighted by Gasteiger charge is 2.38. The molecule has 1 heterocycles. The van der Waals surface area contributed by atoms with Crippen LogP contribution in [-0.2, 0) is 4.79 Å². The van der Waals surface area contributed by atoms with Gasteiger partial charge in [0.2, 0.25) is 0 Å². The van der Waals surface area contributed by atoms with Crippen LogP contribution in [0.1, 0.15) is 40.1 Å². The molecule has 1 atom stereocenters. The van der Waals surface area contributed by atoms with Crippen molar-refractivity contribution in [3.05, 3.63) is 95.1 Å². The quantitative estimate of drug-likeness (QED) is 0.430. The van der Waals surface area contributed by atoms with Gasteiger partial charge in [-0.15, -0.1) is 11.8 Å². The van der Waals surface area contributed by atoms with E-state index in [1.807, 2.05) is 54.6 Å². The lowest BCUT2D eigenvalue weighted by Crippen LogP contribution is -2.08. The number of benzene rings is 3. The number of Topliss-reactive ketones (excluding diaryl/α,β-unsaturated/α-hetero) is 1. The Morgan fingerprint density at radius 3 is 2.43 bits per heavy atom. The van der Waals surface area contributed by atoms with Gasteiger partial charge >= 0.3 is 5.97 Å². The number of nitrogens with one attached hydrogen (secondary N) is 1. The fourth-order valence-electron chi connectivity index (χ4n) is 3.83. The predicted molar refractivity (Wildman–Crippen MR) is 119 cm³/mol. The van der Waals surface area contributed by atoms with Gasteiger partial charge in [0, 0.05) is 28.0 Å². The number of ether oxygens (including phenoxy) is 1. The summed E-state index contributed by atoms with van der Waals surface area (Å²) in [5.74, 6) is 0.300. The van der Waals surface area contributed by atoms with Crippen LogP contribution in [0, 0.1) is 0 Å². The Morgan fingerprint density at radius 1 is 0.967 bits per heavy atom. The van der Waals surface area contributed by atoms with Gasteiger partial charge in [-0.2, -0.15) is 0 Å². The number of para-hydroxylation sites is 1. The Bertz CT molecular complexity index is 1200.